The maximum atomic E-state index is 12.9. The monoisotopic (exact) mass is 493 g/mol. The van der Waals surface area contributed by atoms with Crippen molar-refractivity contribution in [2.24, 2.45) is 0 Å². The number of sulfone groups is 1. The zero-order chi connectivity index (χ0) is 24.0. The number of amides is 1. The molecule has 33 heavy (non-hydrogen) atoms. The fraction of sp³-hybridized carbons (Fsp3) is 0.417. The Bertz CT molecular complexity index is 1100. The molecule has 1 saturated heterocycles. The summed E-state index contributed by atoms with van der Waals surface area (Å²) >= 11 is 6.16. The van der Waals surface area contributed by atoms with Crippen molar-refractivity contribution in [2.75, 3.05) is 18.1 Å². The summed E-state index contributed by atoms with van der Waals surface area (Å²) in [6.07, 6.45) is 1.06. The molecule has 0 spiro atoms. The molecule has 3 rings (SSSR count). The molecule has 1 heterocycles. The molecule has 7 nitrogen and oxygen atoms in total. The lowest BCUT2D eigenvalue weighted by molar-refractivity contribution is -0.138. The highest BCUT2D eigenvalue weighted by atomic mass is 35.5. The van der Waals surface area contributed by atoms with E-state index in [1.54, 1.807) is 35.2 Å². The molecule has 0 aliphatic carbocycles. The van der Waals surface area contributed by atoms with Gasteiger partial charge in [-0.1, -0.05) is 48.9 Å². The molecule has 0 saturated carbocycles. The number of carbonyl (C=O) groups is 2. The molecule has 0 unspecified atom stereocenters. The van der Waals surface area contributed by atoms with Crippen molar-refractivity contribution in [1.29, 1.82) is 0 Å². The molecular formula is C24H28ClNO6S. The fourth-order valence-corrected chi connectivity index (χ4v) is 5.71. The van der Waals surface area contributed by atoms with Gasteiger partial charge in [-0.15, -0.1) is 0 Å². The predicted octanol–water partition coefficient (Wildman–Crippen LogP) is 3.89. The minimum atomic E-state index is -3.16. The lowest BCUT2D eigenvalue weighted by Crippen LogP contribution is -2.48. The van der Waals surface area contributed by atoms with Crippen molar-refractivity contribution in [3.05, 3.63) is 64.7 Å². The number of halogens is 1. The summed E-state index contributed by atoms with van der Waals surface area (Å²) in [6, 6.07) is 13.3. The molecule has 1 fully saturated rings. The molecule has 0 aromatic heterocycles. The number of rotatable bonds is 9. The summed E-state index contributed by atoms with van der Waals surface area (Å²) in [7, 11) is -3.16. The molecule has 2 aromatic rings. The van der Waals surface area contributed by atoms with Gasteiger partial charge in [0.1, 0.15) is 17.9 Å². The summed E-state index contributed by atoms with van der Waals surface area (Å²) < 4.78 is 34.9. The second-order valence-electron chi connectivity index (χ2n) is 8.07. The molecule has 178 valence electrons. The van der Waals surface area contributed by atoms with Gasteiger partial charge >= 0.3 is 5.97 Å². The van der Waals surface area contributed by atoms with Crippen LogP contribution in [0.3, 0.4) is 0 Å². The van der Waals surface area contributed by atoms with Gasteiger partial charge in [0.25, 0.3) is 5.91 Å². The molecule has 9 heteroatoms. The predicted molar refractivity (Wildman–Crippen MR) is 126 cm³/mol. The van der Waals surface area contributed by atoms with Crippen LogP contribution in [0.4, 0.5) is 0 Å². The van der Waals surface area contributed by atoms with Gasteiger partial charge in [0.2, 0.25) is 0 Å². The average molecular weight is 494 g/mol. The van der Waals surface area contributed by atoms with Crippen LogP contribution in [-0.2, 0) is 26.0 Å². The minimum Gasteiger partial charge on any atom is -0.488 e. The van der Waals surface area contributed by atoms with E-state index in [-0.39, 0.29) is 29.7 Å². The molecule has 0 radical (unpaired) electrons. The van der Waals surface area contributed by atoms with Crippen LogP contribution in [0.1, 0.15) is 42.6 Å². The highest BCUT2D eigenvalue weighted by Crippen LogP contribution is 2.24. The number of benzene rings is 2. The van der Waals surface area contributed by atoms with E-state index in [1.807, 2.05) is 32.0 Å². The van der Waals surface area contributed by atoms with Crippen molar-refractivity contribution in [1.82, 2.24) is 4.90 Å². The van der Waals surface area contributed by atoms with Crippen molar-refractivity contribution >= 4 is 33.3 Å². The van der Waals surface area contributed by atoms with E-state index in [2.05, 4.69) is 0 Å². The first-order valence-electron chi connectivity index (χ1n) is 10.9. The summed E-state index contributed by atoms with van der Waals surface area (Å²) in [6.45, 7) is 3.48. The molecular weight excluding hydrogens is 466 g/mol. The summed E-state index contributed by atoms with van der Waals surface area (Å²) in [5.74, 6) is -0.783. The number of carbonyl (C=O) groups excluding carboxylic acids is 2. The standard InChI is InChI=1S/C24H28ClNO6S/c1-3-17(2)26(19-12-13-33(29,30)16-19)23(27)15-32-24(28)20-9-5-7-11-22(20)31-14-18-8-4-6-10-21(18)25/h4-11,17,19H,3,12-16H2,1-2H3/t17-,19+/m1/s1. The van der Waals surface area contributed by atoms with E-state index in [9.17, 15) is 18.0 Å². The summed E-state index contributed by atoms with van der Waals surface area (Å²) in [4.78, 5) is 27.2. The van der Waals surface area contributed by atoms with Gasteiger partial charge in [0, 0.05) is 22.7 Å². The quantitative estimate of drug-likeness (QED) is 0.492. The van der Waals surface area contributed by atoms with Crippen molar-refractivity contribution in [3.63, 3.8) is 0 Å². The van der Waals surface area contributed by atoms with Crippen LogP contribution in [0.25, 0.3) is 0 Å². The Hall–Kier alpha value is -2.58. The first kappa shape index (κ1) is 25.1. The third-order valence-electron chi connectivity index (χ3n) is 5.73. The number of nitrogens with zero attached hydrogens (tertiary/aromatic N) is 1. The minimum absolute atomic E-state index is 0.0598. The molecule has 2 aromatic carbocycles. The van der Waals surface area contributed by atoms with Crippen LogP contribution in [0.15, 0.2) is 48.5 Å². The van der Waals surface area contributed by atoms with Gasteiger partial charge in [0.05, 0.1) is 11.5 Å². The Labute approximate surface area is 199 Å². The Morgan fingerprint density at radius 2 is 1.85 bits per heavy atom. The van der Waals surface area contributed by atoms with Gasteiger partial charge < -0.3 is 14.4 Å². The molecule has 2 atom stereocenters. The van der Waals surface area contributed by atoms with Crippen LogP contribution < -0.4 is 4.74 Å². The number of ether oxygens (including phenoxy) is 2. The topological polar surface area (TPSA) is 90.0 Å². The van der Waals surface area contributed by atoms with Crippen LogP contribution in [0, 0.1) is 0 Å². The number of hydrogen-bond acceptors (Lipinski definition) is 6. The second-order valence-corrected chi connectivity index (χ2v) is 10.7. The average Bonchev–Trinajstić information content (AvgIpc) is 3.16. The van der Waals surface area contributed by atoms with Crippen LogP contribution in [0.2, 0.25) is 5.02 Å². The number of esters is 1. The zero-order valence-electron chi connectivity index (χ0n) is 18.7. The van der Waals surface area contributed by atoms with Gasteiger partial charge in [-0.3, -0.25) is 4.79 Å². The Morgan fingerprint density at radius 3 is 2.52 bits per heavy atom. The molecule has 1 aliphatic heterocycles. The van der Waals surface area contributed by atoms with Gasteiger partial charge in [-0.2, -0.15) is 0 Å². The first-order chi connectivity index (χ1) is 15.7. The highest BCUT2D eigenvalue weighted by Gasteiger charge is 2.36. The van der Waals surface area contributed by atoms with E-state index in [0.717, 1.165) is 5.56 Å². The largest absolute Gasteiger partial charge is 0.488 e. The van der Waals surface area contributed by atoms with Crippen LogP contribution in [-0.4, -0.2) is 55.4 Å². The van der Waals surface area contributed by atoms with Gasteiger partial charge in [-0.25, -0.2) is 13.2 Å². The Morgan fingerprint density at radius 1 is 1.15 bits per heavy atom. The molecule has 1 amide bonds. The van der Waals surface area contributed by atoms with Crippen molar-refractivity contribution in [2.45, 2.75) is 45.4 Å². The normalized spacial score (nSPS) is 17.8. The number of para-hydroxylation sites is 1. The number of hydrogen-bond donors (Lipinski definition) is 0. The fourth-order valence-electron chi connectivity index (χ4n) is 3.81. The summed E-state index contributed by atoms with van der Waals surface area (Å²) in [5.41, 5.74) is 0.962. The van der Waals surface area contributed by atoms with E-state index in [0.29, 0.717) is 23.6 Å². The highest BCUT2D eigenvalue weighted by molar-refractivity contribution is 7.91. The second kappa shape index (κ2) is 11.0. The van der Waals surface area contributed by atoms with E-state index in [1.165, 1.54) is 0 Å². The van der Waals surface area contributed by atoms with E-state index < -0.39 is 34.4 Å². The van der Waals surface area contributed by atoms with Crippen molar-refractivity contribution < 1.29 is 27.5 Å². The molecule has 1 aliphatic rings. The maximum Gasteiger partial charge on any atom is 0.342 e. The lowest BCUT2D eigenvalue weighted by Gasteiger charge is -2.33. The van der Waals surface area contributed by atoms with Crippen LogP contribution >= 0.6 is 11.6 Å². The van der Waals surface area contributed by atoms with Gasteiger partial charge in [0.15, 0.2) is 16.4 Å². The molecule has 0 bridgehead atoms. The van der Waals surface area contributed by atoms with Crippen LogP contribution in [0.5, 0.6) is 5.75 Å². The summed E-state index contributed by atoms with van der Waals surface area (Å²) in [5, 5.41) is 0.558. The maximum absolute atomic E-state index is 12.9. The molecule has 0 N–H and O–H groups in total. The SMILES string of the molecule is CC[C@@H](C)N(C(=O)COC(=O)c1ccccc1OCc1ccccc1Cl)[C@H]1CCS(=O)(=O)C1. The Kier molecular flexibility index (Phi) is 8.37. The lowest BCUT2D eigenvalue weighted by atomic mass is 10.1. The smallest absolute Gasteiger partial charge is 0.342 e. The zero-order valence-corrected chi connectivity index (χ0v) is 20.3. The van der Waals surface area contributed by atoms with E-state index >= 15 is 0 Å². The van der Waals surface area contributed by atoms with E-state index in [4.69, 9.17) is 21.1 Å². The third kappa shape index (κ3) is 6.48. The van der Waals surface area contributed by atoms with Gasteiger partial charge in [-0.05, 0) is 38.0 Å². The Balaban J connectivity index is 1.66. The van der Waals surface area contributed by atoms with Crippen molar-refractivity contribution in [3.8, 4) is 5.75 Å². The third-order valence-corrected chi connectivity index (χ3v) is 7.85. The first-order valence-corrected chi connectivity index (χ1v) is 13.1.